The first-order valence-electron chi connectivity index (χ1n) is 9.26. The molecule has 2 N–H and O–H groups in total. The first kappa shape index (κ1) is 19.6. The number of primary amides is 1. The summed E-state index contributed by atoms with van der Waals surface area (Å²) in [5.41, 5.74) is 7.07. The van der Waals surface area contributed by atoms with Gasteiger partial charge in [-0.05, 0) is 26.0 Å². The van der Waals surface area contributed by atoms with Crippen molar-refractivity contribution in [2.75, 3.05) is 13.1 Å². The summed E-state index contributed by atoms with van der Waals surface area (Å²) in [5.74, 6) is -1.50. The van der Waals surface area contributed by atoms with E-state index < -0.39 is 18.0 Å². The van der Waals surface area contributed by atoms with Crippen LogP contribution >= 0.6 is 0 Å². The van der Waals surface area contributed by atoms with E-state index >= 15 is 0 Å². The zero-order valence-corrected chi connectivity index (χ0v) is 16.0. The molecule has 1 aromatic carbocycles. The van der Waals surface area contributed by atoms with Crippen molar-refractivity contribution in [3.63, 3.8) is 0 Å². The van der Waals surface area contributed by atoms with E-state index in [2.05, 4.69) is 5.10 Å². The third-order valence-electron chi connectivity index (χ3n) is 5.03. The van der Waals surface area contributed by atoms with Crippen LogP contribution in [-0.2, 0) is 16.1 Å². The fourth-order valence-electron chi connectivity index (χ4n) is 3.52. The van der Waals surface area contributed by atoms with Gasteiger partial charge in [0.05, 0.1) is 23.9 Å². The average molecular weight is 384 g/mol. The molecule has 1 fully saturated rings. The van der Waals surface area contributed by atoms with E-state index in [-0.39, 0.29) is 24.8 Å². The number of aryl methyl sites for hydroxylation is 1. The lowest BCUT2D eigenvalue weighted by Gasteiger charge is -2.17. The molecule has 1 aliphatic heterocycles. The third-order valence-corrected chi connectivity index (χ3v) is 5.03. The van der Waals surface area contributed by atoms with Crippen molar-refractivity contribution in [1.29, 1.82) is 0 Å². The molecule has 2 heterocycles. The van der Waals surface area contributed by atoms with Crippen LogP contribution in [0.25, 0.3) is 0 Å². The smallest absolute Gasteiger partial charge is 0.338 e. The summed E-state index contributed by atoms with van der Waals surface area (Å²) >= 11 is 0. The summed E-state index contributed by atoms with van der Waals surface area (Å²) in [6.45, 7) is 4.97. The Morgan fingerprint density at radius 3 is 2.54 bits per heavy atom. The highest BCUT2D eigenvalue weighted by molar-refractivity contribution is 5.95. The van der Waals surface area contributed by atoms with Crippen molar-refractivity contribution < 1.29 is 19.1 Å². The van der Waals surface area contributed by atoms with E-state index in [0.29, 0.717) is 24.2 Å². The maximum atomic E-state index is 12.9. The number of ether oxygens (including phenoxy) is 1. The molecule has 2 atom stereocenters. The summed E-state index contributed by atoms with van der Waals surface area (Å²) in [7, 11) is 0. The lowest BCUT2D eigenvalue weighted by atomic mass is 10.0. The number of esters is 1. The number of amides is 2. The van der Waals surface area contributed by atoms with E-state index in [4.69, 9.17) is 10.5 Å². The fraction of sp³-hybridized carbons (Fsp3) is 0.400. The predicted molar refractivity (Wildman–Crippen MR) is 101 cm³/mol. The van der Waals surface area contributed by atoms with Crippen LogP contribution in [0.4, 0.5) is 0 Å². The van der Waals surface area contributed by atoms with Crippen LogP contribution in [-0.4, -0.2) is 51.7 Å². The van der Waals surface area contributed by atoms with Crippen LogP contribution < -0.4 is 5.73 Å². The number of hydrogen-bond acceptors (Lipinski definition) is 5. The minimum absolute atomic E-state index is 0.0454. The molecule has 2 aromatic rings. The molecule has 0 radical (unpaired) electrons. The molecule has 0 saturated carbocycles. The molecular formula is C20H24N4O4. The van der Waals surface area contributed by atoms with Crippen LogP contribution in [0.2, 0.25) is 0 Å². The van der Waals surface area contributed by atoms with Crippen molar-refractivity contribution in [3.05, 3.63) is 53.3 Å². The van der Waals surface area contributed by atoms with Gasteiger partial charge in [0, 0.05) is 31.1 Å². The fourth-order valence-corrected chi connectivity index (χ4v) is 3.52. The number of hydrogen-bond donors (Lipinski definition) is 1. The molecule has 0 spiro atoms. The molecule has 0 aliphatic carbocycles. The highest BCUT2D eigenvalue weighted by Crippen LogP contribution is 2.26. The second kappa shape index (κ2) is 8.24. The molecule has 3 rings (SSSR count). The summed E-state index contributed by atoms with van der Waals surface area (Å²) in [6.07, 6.45) is 1.00. The molecule has 1 aromatic heterocycles. The van der Waals surface area contributed by atoms with Gasteiger partial charge < -0.3 is 15.4 Å². The lowest BCUT2D eigenvalue weighted by molar-refractivity contribution is -0.119. The summed E-state index contributed by atoms with van der Waals surface area (Å²) in [5, 5.41) is 4.21. The number of carbonyl (C=O) groups is 3. The number of carbonyl (C=O) groups excluding carboxylic acids is 3. The molecule has 0 unspecified atom stereocenters. The SMILES string of the molecule is CCn1ncc(C(=O)N2C[C@H](CC(N)=O)[C@H](OC(=O)c3ccccc3)C2)c1C. The standard InChI is InChI=1S/C20H24N4O4/c1-3-24-13(2)16(10-22-24)19(26)23-11-15(9-18(21)25)17(12-23)28-20(27)14-7-5-4-6-8-14/h4-8,10,15,17H,3,9,11-12H2,1-2H3,(H2,21,25)/t15-,17+/m0/s1. The summed E-state index contributed by atoms with van der Waals surface area (Å²) in [6, 6.07) is 8.62. The highest BCUT2D eigenvalue weighted by Gasteiger charge is 2.39. The van der Waals surface area contributed by atoms with Crippen molar-refractivity contribution in [2.24, 2.45) is 11.7 Å². The zero-order valence-electron chi connectivity index (χ0n) is 16.0. The predicted octanol–water partition coefficient (Wildman–Crippen LogP) is 1.38. The Labute approximate surface area is 163 Å². The maximum absolute atomic E-state index is 12.9. The molecule has 148 valence electrons. The Bertz CT molecular complexity index is 878. The number of nitrogens with two attached hydrogens (primary N) is 1. The number of nitrogens with zero attached hydrogens (tertiary/aromatic N) is 3. The largest absolute Gasteiger partial charge is 0.457 e. The molecule has 1 saturated heterocycles. The number of likely N-dealkylation sites (tertiary alicyclic amines) is 1. The van der Waals surface area contributed by atoms with Gasteiger partial charge in [-0.25, -0.2) is 4.79 Å². The van der Waals surface area contributed by atoms with Crippen LogP contribution in [0.5, 0.6) is 0 Å². The third kappa shape index (κ3) is 4.05. The van der Waals surface area contributed by atoms with Gasteiger partial charge in [-0.3, -0.25) is 14.3 Å². The van der Waals surface area contributed by atoms with Gasteiger partial charge >= 0.3 is 5.97 Å². The maximum Gasteiger partial charge on any atom is 0.338 e. The van der Waals surface area contributed by atoms with E-state index in [0.717, 1.165) is 5.69 Å². The quantitative estimate of drug-likeness (QED) is 0.757. The number of benzene rings is 1. The monoisotopic (exact) mass is 384 g/mol. The van der Waals surface area contributed by atoms with Crippen LogP contribution in [0.1, 0.15) is 39.8 Å². The Hall–Kier alpha value is -3.16. The Balaban J connectivity index is 1.76. The van der Waals surface area contributed by atoms with Gasteiger partial charge in [0.25, 0.3) is 5.91 Å². The Morgan fingerprint density at radius 2 is 1.93 bits per heavy atom. The molecule has 0 bridgehead atoms. The highest BCUT2D eigenvalue weighted by atomic mass is 16.5. The van der Waals surface area contributed by atoms with E-state index in [1.807, 2.05) is 13.8 Å². The number of aromatic nitrogens is 2. The Morgan fingerprint density at radius 1 is 1.21 bits per heavy atom. The van der Waals surface area contributed by atoms with Crippen molar-refractivity contribution in [1.82, 2.24) is 14.7 Å². The first-order valence-corrected chi connectivity index (χ1v) is 9.26. The summed E-state index contributed by atoms with van der Waals surface area (Å²) in [4.78, 5) is 38.4. The van der Waals surface area contributed by atoms with Crippen molar-refractivity contribution in [3.8, 4) is 0 Å². The molecule has 2 amide bonds. The molecule has 8 nitrogen and oxygen atoms in total. The number of rotatable bonds is 6. The first-order chi connectivity index (χ1) is 13.4. The minimum atomic E-state index is -0.592. The van der Waals surface area contributed by atoms with Crippen molar-refractivity contribution >= 4 is 17.8 Å². The summed E-state index contributed by atoms with van der Waals surface area (Å²) < 4.78 is 7.37. The van der Waals surface area contributed by atoms with Gasteiger partial charge in [0.1, 0.15) is 6.10 Å². The Kier molecular flexibility index (Phi) is 5.77. The molecule has 1 aliphatic rings. The normalized spacial score (nSPS) is 18.9. The minimum Gasteiger partial charge on any atom is -0.457 e. The van der Waals surface area contributed by atoms with Crippen LogP contribution in [0.15, 0.2) is 36.5 Å². The second-order valence-electron chi connectivity index (χ2n) is 6.91. The topological polar surface area (TPSA) is 108 Å². The second-order valence-corrected chi connectivity index (χ2v) is 6.91. The van der Waals surface area contributed by atoms with E-state index in [1.165, 1.54) is 0 Å². The van der Waals surface area contributed by atoms with Gasteiger partial charge in [0.2, 0.25) is 5.91 Å². The van der Waals surface area contributed by atoms with Crippen molar-refractivity contribution in [2.45, 2.75) is 32.9 Å². The van der Waals surface area contributed by atoms with Crippen LogP contribution in [0.3, 0.4) is 0 Å². The van der Waals surface area contributed by atoms with Gasteiger partial charge in [-0.2, -0.15) is 5.10 Å². The van der Waals surface area contributed by atoms with Crippen LogP contribution in [0, 0.1) is 12.8 Å². The van der Waals surface area contributed by atoms with Gasteiger partial charge in [0.15, 0.2) is 0 Å². The zero-order chi connectivity index (χ0) is 20.3. The molecule has 28 heavy (non-hydrogen) atoms. The van der Waals surface area contributed by atoms with Gasteiger partial charge in [-0.1, -0.05) is 18.2 Å². The lowest BCUT2D eigenvalue weighted by Crippen LogP contribution is -2.31. The molecule has 8 heteroatoms. The van der Waals surface area contributed by atoms with Gasteiger partial charge in [-0.15, -0.1) is 0 Å². The van der Waals surface area contributed by atoms with E-state index in [9.17, 15) is 14.4 Å². The molecular weight excluding hydrogens is 360 g/mol. The van der Waals surface area contributed by atoms with E-state index in [1.54, 1.807) is 46.1 Å². The average Bonchev–Trinajstić information content (AvgIpc) is 3.24.